The van der Waals surface area contributed by atoms with E-state index >= 15 is 0 Å². The molecule has 11 heteroatoms. The lowest BCUT2D eigenvalue weighted by Gasteiger charge is -2.08. The lowest BCUT2D eigenvalue weighted by molar-refractivity contribution is 0.174. The maximum absolute atomic E-state index is 12.8. The molecule has 3 heterocycles. The molecule has 0 saturated carbocycles. The van der Waals surface area contributed by atoms with Gasteiger partial charge in [0.05, 0.1) is 18.0 Å². The maximum atomic E-state index is 12.8. The maximum Gasteiger partial charge on any atom is 0.336 e. The van der Waals surface area contributed by atoms with Crippen molar-refractivity contribution < 1.29 is 9.63 Å². The van der Waals surface area contributed by atoms with Gasteiger partial charge >= 0.3 is 5.69 Å². The highest BCUT2D eigenvalue weighted by molar-refractivity contribution is 6.30. The van der Waals surface area contributed by atoms with Crippen LogP contribution in [-0.4, -0.2) is 34.6 Å². The minimum absolute atomic E-state index is 0.0804. The summed E-state index contributed by atoms with van der Waals surface area (Å²) in [5.41, 5.74) is 0.500. The van der Waals surface area contributed by atoms with E-state index in [1.54, 1.807) is 37.4 Å². The summed E-state index contributed by atoms with van der Waals surface area (Å²) in [6.45, 7) is 1.41. The van der Waals surface area contributed by atoms with Gasteiger partial charge in [-0.25, -0.2) is 4.79 Å². The Bertz CT molecular complexity index is 1270. The third-order valence-corrected chi connectivity index (χ3v) is 4.79. The number of hydrogen-bond acceptors (Lipinski definition) is 7. The molecule has 0 aliphatic heterocycles. The fourth-order valence-corrected chi connectivity index (χ4v) is 3.11. The second-order valence-corrected chi connectivity index (χ2v) is 7.12. The third-order valence-electron chi connectivity index (χ3n) is 4.54. The van der Waals surface area contributed by atoms with E-state index in [0.29, 0.717) is 21.8 Å². The van der Waals surface area contributed by atoms with E-state index in [-0.39, 0.29) is 24.7 Å². The van der Waals surface area contributed by atoms with Gasteiger partial charge in [-0.1, -0.05) is 28.9 Å². The highest BCUT2D eigenvalue weighted by atomic mass is 35.5. The van der Waals surface area contributed by atoms with Crippen molar-refractivity contribution >= 4 is 11.6 Å². The zero-order valence-electron chi connectivity index (χ0n) is 15.8. The number of aliphatic hydroxyl groups is 1. The van der Waals surface area contributed by atoms with E-state index in [0.717, 1.165) is 4.57 Å². The third kappa shape index (κ3) is 3.95. The molecule has 0 bridgehead atoms. The normalized spacial score (nSPS) is 12.2. The van der Waals surface area contributed by atoms with E-state index < -0.39 is 17.4 Å². The van der Waals surface area contributed by atoms with Crippen LogP contribution in [0.5, 0.6) is 0 Å². The molecule has 30 heavy (non-hydrogen) atoms. The van der Waals surface area contributed by atoms with Gasteiger partial charge in [0.2, 0.25) is 5.89 Å². The highest BCUT2D eigenvalue weighted by Crippen LogP contribution is 2.19. The molecule has 0 fully saturated rings. The van der Waals surface area contributed by atoms with Crippen molar-refractivity contribution in [1.29, 1.82) is 0 Å². The quantitative estimate of drug-likeness (QED) is 0.474. The number of aliphatic hydroxyl groups excluding tert-OH is 1. The van der Waals surface area contributed by atoms with Crippen molar-refractivity contribution in [2.75, 3.05) is 0 Å². The summed E-state index contributed by atoms with van der Waals surface area (Å²) in [5, 5.41) is 21.2. The monoisotopic (exact) mass is 428 g/mol. The Morgan fingerprint density at radius 3 is 2.73 bits per heavy atom. The van der Waals surface area contributed by atoms with Crippen molar-refractivity contribution in [3.63, 3.8) is 0 Å². The number of aromatic amines is 1. The Morgan fingerprint density at radius 2 is 2.03 bits per heavy atom. The van der Waals surface area contributed by atoms with E-state index in [1.165, 1.54) is 17.0 Å². The van der Waals surface area contributed by atoms with Crippen LogP contribution < -0.4 is 11.2 Å². The van der Waals surface area contributed by atoms with Gasteiger partial charge in [-0.05, 0) is 24.6 Å². The van der Waals surface area contributed by atoms with Crippen molar-refractivity contribution in [3.8, 4) is 5.69 Å². The van der Waals surface area contributed by atoms with Crippen LogP contribution in [0, 0.1) is 6.92 Å². The topological polar surface area (TPSA) is 132 Å². The molecule has 0 aliphatic rings. The van der Waals surface area contributed by atoms with Gasteiger partial charge in [-0.15, -0.1) is 0 Å². The minimum Gasteiger partial charge on any atom is -0.388 e. The van der Waals surface area contributed by atoms with Crippen LogP contribution in [0.4, 0.5) is 0 Å². The number of rotatable bonds is 6. The molecule has 0 radical (unpaired) electrons. The smallest absolute Gasteiger partial charge is 0.336 e. The van der Waals surface area contributed by atoms with Gasteiger partial charge in [0.1, 0.15) is 6.54 Å². The molecule has 0 saturated heterocycles. The van der Waals surface area contributed by atoms with Gasteiger partial charge in [0, 0.05) is 29.4 Å². The van der Waals surface area contributed by atoms with Gasteiger partial charge in [0.25, 0.3) is 5.56 Å². The lowest BCUT2D eigenvalue weighted by Crippen LogP contribution is -2.40. The van der Waals surface area contributed by atoms with E-state index in [4.69, 9.17) is 16.1 Å². The number of aryl methyl sites for hydroxylation is 1. The first-order chi connectivity index (χ1) is 14.4. The number of nitrogens with zero attached hydrogens (tertiary/aromatic N) is 5. The molecule has 0 spiro atoms. The summed E-state index contributed by atoms with van der Waals surface area (Å²) >= 11 is 5.86. The van der Waals surface area contributed by atoms with Crippen LogP contribution in [0.25, 0.3) is 5.69 Å². The number of aromatic nitrogens is 6. The van der Waals surface area contributed by atoms with Crippen LogP contribution in [0.2, 0.25) is 5.02 Å². The largest absolute Gasteiger partial charge is 0.388 e. The average Bonchev–Trinajstić information content (AvgIpc) is 3.41. The minimum atomic E-state index is -0.854. The molecule has 10 nitrogen and oxygen atoms in total. The molecule has 4 rings (SSSR count). The Morgan fingerprint density at radius 1 is 1.27 bits per heavy atom. The first kappa shape index (κ1) is 19.8. The molecule has 1 unspecified atom stereocenters. The molecule has 0 amide bonds. The van der Waals surface area contributed by atoms with E-state index in [1.807, 2.05) is 0 Å². The molecule has 0 aliphatic carbocycles. The Hall–Kier alpha value is -3.50. The van der Waals surface area contributed by atoms with Crippen molar-refractivity contribution in [1.82, 2.24) is 29.5 Å². The van der Waals surface area contributed by atoms with E-state index in [9.17, 15) is 14.7 Å². The summed E-state index contributed by atoms with van der Waals surface area (Å²) in [7, 11) is 0. The zero-order chi connectivity index (χ0) is 21.3. The van der Waals surface area contributed by atoms with Crippen molar-refractivity contribution in [2.45, 2.75) is 26.0 Å². The summed E-state index contributed by atoms with van der Waals surface area (Å²) in [6, 6.07) is 6.77. The van der Waals surface area contributed by atoms with Crippen LogP contribution >= 0.6 is 11.6 Å². The summed E-state index contributed by atoms with van der Waals surface area (Å²) in [5.74, 6) is 0.333. The van der Waals surface area contributed by atoms with Gasteiger partial charge in [0.15, 0.2) is 5.82 Å². The number of nitrogens with one attached hydrogen (secondary N) is 1. The number of hydrogen-bond donors (Lipinski definition) is 2. The SMILES string of the molecule is Cc1cn(-c2cn[nH]c2)c(=O)n(Cc2nc(CC(O)c3ccc(Cl)cc3)no2)c1=O. The standard InChI is InChI=1S/C19H17ClN6O4/c1-11-9-25(14-7-21-22-8-14)19(29)26(18(11)28)10-17-23-16(24-30-17)6-15(27)12-2-4-13(20)5-3-12/h2-5,7-9,15,27H,6,10H2,1H3,(H,21,22). The molecule has 4 aromatic rings. The predicted octanol–water partition coefficient (Wildman–Crippen LogP) is 1.39. The second kappa shape index (κ2) is 8.09. The predicted molar refractivity (Wildman–Crippen MR) is 107 cm³/mol. The molecule has 154 valence electrons. The number of H-pyrrole nitrogens is 1. The fraction of sp³-hybridized carbons (Fsp3) is 0.211. The molecule has 1 aromatic carbocycles. The van der Waals surface area contributed by atoms with Crippen LogP contribution in [-0.2, 0) is 13.0 Å². The Balaban J connectivity index is 1.57. The molecular weight excluding hydrogens is 412 g/mol. The Kier molecular flexibility index (Phi) is 5.34. The second-order valence-electron chi connectivity index (χ2n) is 6.69. The summed E-state index contributed by atoms with van der Waals surface area (Å²) in [6.07, 6.45) is 3.71. The summed E-state index contributed by atoms with van der Waals surface area (Å²) < 4.78 is 7.50. The van der Waals surface area contributed by atoms with Crippen molar-refractivity contribution in [2.24, 2.45) is 0 Å². The van der Waals surface area contributed by atoms with Crippen LogP contribution in [0.3, 0.4) is 0 Å². The van der Waals surface area contributed by atoms with Crippen molar-refractivity contribution in [3.05, 3.63) is 91.6 Å². The van der Waals surface area contributed by atoms with Gasteiger partial charge in [-0.3, -0.25) is 19.0 Å². The van der Waals surface area contributed by atoms with E-state index in [2.05, 4.69) is 20.3 Å². The first-order valence-electron chi connectivity index (χ1n) is 8.99. The zero-order valence-corrected chi connectivity index (χ0v) is 16.6. The fourth-order valence-electron chi connectivity index (χ4n) is 2.98. The average molecular weight is 429 g/mol. The van der Waals surface area contributed by atoms with Crippen LogP contribution in [0.15, 0.2) is 57.0 Å². The Labute approximate surface area is 174 Å². The highest BCUT2D eigenvalue weighted by Gasteiger charge is 2.17. The van der Waals surface area contributed by atoms with Gasteiger partial charge in [-0.2, -0.15) is 10.1 Å². The first-order valence-corrected chi connectivity index (χ1v) is 9.37. The molecule has 3 aromatic heterocycles. The molecule has 1 atom stereocenters. The van der Waals surface area contributed by atoms with Crippen LogP contribution in [0.1, 0.15) is 28.9 Å². The number of benzene rings is 1. The molecular formula is C19H17ClN6O4. The number of halogens is 1. The molecule has 2 N–H and O–H groups in total. The summed E-state index contributed by atoms with van der Waals surface area (Å²) in [4.78, 5) is 29.5. The van der Waals surface area contributed by atoms with Gasteiger partial charge < -0.3 is 9.63 Å². The lowest BCUT2D eigenvalue weighted by atomic mass is 10.1.